The van der Waals surface area contributed by atoms with Gasteiger partial charge < -0.3 is 14.8 Å². The molecule has 3 rings (SSSR count). The third-order valence-corrected chi connectivity index (χ3v) is 4.77. The van der Waals surface area contributed by atoms with Crippen molar-refractivity contribution in [2.75, 3.05) is 18.5 Å². The van der Waals surface area contributed by atoms with Gasteiger partial charge in [-0.1, -0.05) is 42.8 Å². The van der Waals surface area contributed by atoms with Crippen molar-refractivity contribution in [2.45, 2.75) is 20.3 Å². The van der Waals surface area contributed by atoms with Crippen molar-refractivity contribution in [3.8, 4) is 11.4 Å². The lowest BCUT2D eigenvalue weighted by atomic mass is 10.1. The van der Waals surface area contributed by atoms with E-state index < -0.39 is 24.0 Å². The molecule has 1 aromatic heterocycles. The van der Waals surface area contributed by atoms with Gasteiger partial charge in [0.05, 0.1) is 23.4 Å². The summed E-state index contributed by atoms with van der Waals surface area (Å²) in [6.07, 6.45) is 0.890. The number of aryl methyl sites for hydroxylation is 1. The van der Waals surface area contributed by atoms with Crippen LogP contribution in [-0.2, 0) is 16.0 Å². The fraction of sp³-hybridized carbons (Fsp3) is 0.217. The summed E-state index contributed by atoms with van der Waals surface area (Å²) in [5.74, 6) is -1.41. The number of hydrogen-bond donors (Lipinski definition) is 1. The van der Waals surface area contributed by atoms with Crippen molar-refractivity contribution in [1.82, 2.24) is 9.78 Å². The molecular weight excluding hydrogens is 434 g/mol. The predicted molar refractivity (Wildman–Crippen MR) is 121 cm³/mol. The van der Waals surface area contributed by atoms with E-state index in [-0.39, 0.29) is 23.1 Å². The summed E-state index contributed by atoms with van der Waals surface area (Å²) in [7, 11) is 0. The first-order valence-electron chi connectivity index (χ1n) is 10.0. The fourth-order valence-corrected chi connectivity index (χ4v) is 3.07. The van der Waals surface area contributed by atoms with Crippen molar-refractivity contribution < 1.29 is 19.1 Å². The lowest BCUT2D eigenvalue weighted by molar-refractivity contribution is -0.118. The zero-order chi connectivity index (χ0) is 23.1. The molecule has 0 saturated heterocycles. The maximum atomic E-state index is 12.6. The Balaban J connectivity index is 1.83. The summed E-state index contributed by atoms with van der Waals surface area (Å²) < 4.78 is 11.5. The molecule has 0 saturated carbocycles. The number of nitrogens with one attached hydrogen (secondary N) is 1. The Bertz CT molecular complexity index is 1170. The van der Waals surface area contributed by atoms with Gasteiger partial charge in [-0.3, -0.25) is 9.59 Å². The van der Waals surface area contributed by atoms with Crippen molar-refractivity contribution in [1.29, 1.82) is 0 Å². The topological polar surface area (TPSA) is 99.5 Å². The molecule has 0 aliphatic heterocycles. The molecule has 9 heteroatoms. The molecule has 0 spiro atoms. The summed E-state index contributed by atoms with van der Waals surface area (Å²) in [4.78, 5) is 37.3. The van der Waals surface area contributed by atoms with Gasteiger partial charge in [-0.2, -0.15) is 9.78 Å². The summed E-state index contributed by atoms with van der Waals surface area (Å²) in [5.41, 5.74) is 1.21. The molecule has 0 radical (unpaired) electrons. The molecule has 0 atom stereocenters. The second kappa shape index (κ2) is 10.6. The highest BCUT2D eigenvalue weighted by Crippen LogP contribution is 2.20. The lowest BCUT2D eigenvalue weighted by Crippen LogP contribution is -2.27. The van der Waals surface area contributed by atoms with Gasteiger partial charge >= 0.3 is 5.97 Å². The molecular formula is C23H22ClN3O5. The minimum Gasteiger partial charge on any atom is -0.481 e. The number of halogens is 1. The van der Waals surface area contributed by atoms with Gasteiger partial charge in [-0.05, 0) is 43.2 Å². The molecule has 0 unspecified atom stereocenters. The molecule has 0 fully saturated rings. The number of aromatic nitrogens is 2. The van der Waals surface area contributed by atoms with Crippen molar-refractivity contribution in [3.05, 3.63) is 81.2 Å². The van der Waals surface area contributed by atoms with Crippen molar-refractivity contribution >= 4 is 29.2 Å². The molecule has 3 aromatic rings. The maximum Gasteiger partial charge on any atom is 0.362 e. The Hall–Kier alpha value is -3.65. The zero-order valence-corrected chi connectivity index (χ0v) is 18.4. The number of anilines is 1. The number of hydrogen-bond acceptors (Lipinski definition) is 6. The molecule has 1 heterocycles. The SMILES string of the molecule is CCOC(=O)c1nn(-c2ccccc2Cl)c(=O)cc1OCC(=O)Nc1ccc(CC)cc1. The summed E-state index contributed by atoms with van der Waals surface area (Å²) >= 11 is 6.16. The van der Waals surface area contributed by atoms with Crippen molar-refractivity contribution in [3.63, 3.8) is 0 Å². The van der Waals surface area contributed by atoms with Crippen LogP contribution >= 0.6 is 11.6 Å². The van der Waals surface area contributed by atoms with Gasteiger partial charge in [-0.15, -0.1) is 0 Å². The second-order valence-corrected chi connectivity index (χ2v) is 7.07. The lowest BCUT2D eigenvalue weighted by Gasteiger charge is -2.13. The minimum absolute atomic E-state index is 0.0966. The Labute approximate surface area is 189 Å². The summed E-state index contributed by atoms with van der Waals surface area (Å²) in [6.45, 7) is 3.34. The first-order chi connectivity index (χ1) is 15.4. The van der Waals surface area contributed by atoms with Crippen LogP contribution in [0.5, 0.6) is 5.75 Å². The molecule has 0 bridgehead atoms. The number of carbonyl (C=O) groups is 2. The molecule has 0 aliphatic carbocycles. The van der Waals surface area contributed by atoms with Crippen LogP contribution in [0.3, 0.4) is 0 Å². The van der Waals surface area contributed by atoms with E-state index in [1.807, 2.05) is 19.1 Å². The summed E-state index contributed by atoms with van der Waals surface area (Å²) in [6, 6.07) is 15.0. The first kappa shape index (κ1) is 23.0. The highest BCUT2D eigenvalue weighted by molar-refractivity contribution is 6.32. The Kier molecular flexibility index (Phi) is 7.62. The molecule has 1 amide bonds. The number of esters is 1. The molecule has 32 heavy (non-hydrogen) atoms. The average Bonchev–Trinajstić information content (AvgIpc) is 2.79. The van der Waals surface area contributed by atoms with Crippen LogP contribution in [0, 0.1) is 0 Å². The Morgan fingerprint density at radius 2 is 1.81 bits per heavy atom. The van der Waals surface area contributed by atoms with Crippen LogP contribution in [-0.4, -0.2) is 34.9 Å². The van der Waals surface area contributed by atoms with Gasteiger partial charge in [0.1, 0.15) is 0 Å². The third-order valence-electron chi connectivity index (χ3n) is 4.45. The molecule has 0 aliphatic rings. The monoisotopic (exact) mass is 455 g/mol. The van der Waals surface area contributed by atoms with E-state index in [1.54, 1.807) is 43.3 Å². The maximum absolute atomic E-state index is 12.6. The normalized spacial score (nSPS) is 10.5. The second-order valence-electron chi connectivity index (χ2n) is 6.67. The van der Waals surface area contributed by atoms with Crippen LogP contribution in [0.15, 0.2) is 59.4 Å². The highest BCUT2D eigenvalue weighted by Gasteiger charge is 2.21. The quantitative estimate of drug-likeness (QED) is 0.520. The number of amides is 1. The number of benzene rings is 2. The largest absolute Gasteiger partial charge is 0.481 e. The van der Waals surface area contributed by atoms with E-state index in [0.717, 1.165) is 22.7 Å². The van der Waals surface area contributed by atoms with Crippen LogP contribution < -0.4 is 15.6 Å². The number of rotatable bonds is 8. The molecule has 2 aromatic carbocycles. The van der Waals surface area contributed by atoms with Crippen LogP contribution in [0.1, 0.15) is 29.9 Å². The molecule has 8 nitrogen and oxygen atoms in total. The van der Waals surface area contributed by atoms with E-state index in [4.69, 9.17) is 21.1 Å². The smallest absolute Gasteiger partial charge is 0.362 e. The minimum atomic E-state index is -0.793. The van der Waals surface area contributed by atoms with E-state index in [1.165, 1.54) is 0 Å². The zero-order valence-electron chi connectivity index (χ0n) is 17.6. The molecule has 166 valence electrons. The highest BCUT2D eigenvalue weighted by atomic mass is 35.5. The molecule has 1 N–H and O–H groups in total. The van der Waals surface area contributed by atoms with Gasteiger partial charge in [0.15, 0.2) is 12.4 Å². The number of para-hydroxylation sites is 1. The van der Waals surface area contributed by atoms with Gasteiger partial charge in [0.25, 0.3) is 11.5 Å². The summed E-state index contributed by atoms with van der Waals surface area (Å²) in [5, 5.41) is 7.06. The van der Waals surface area contributed by atoms with E-state index in [9.17, 15) is 14.4 Å². The van der Waals surface area contributed by atoms with Gasteiger partial charge in [0.2, 0.25) is 5.69 Å². The number of carbonyl (C=O) groups excluding carboxylic acids is 2. The predicted octanol–water partition coefficient (Wildman–Crippen LogP) is 3.64. The van der Waals surface area contributed by atoms with Crippen LogP contribution in [0.25, 0.3) is 5.69 Å². The van der Waals surface area contributed by atoms with E-state index >= 15 is 0 Å². The average molecular weight is 456 g/mol. The van der Waals surface area contributed by atoms with Crippen molar-refractivity contribution in [2.24, 2.45) is 0 Å². The third kappa shape index (κ3) is 5.53. The van der Waals surface area contributed by atoms with E-state index in [2.05, 4.69) is 10.4 Å². The fourth-order valence-electron chi connectivity index (χ4n) is 2.85. The number of nitrogens with zero attached hydrogens (tertiary/aromatic N) is 2. The van der Waals surface area contributed by atoms with Crippen LogP contribution in [0.4, 0.5) is 5.69 Å². The van der Waals surface area contributed by atoms with E-state index in [0.29, 0.717) is 11.4 Å². The van der Waals surface area contributed by atoms with Gasteiger partial charge in [-0.25, -0.2) is 4.79 Å². The first-order valence-corrected chi connectivity index (χ1v) is 10.4. The van der Waals surface area contributed by atoms with Gasteiger partial charge in [0, 0.05) is 5.69 Å². The van der Waals surface area contributed by atoms with Crippen LogP contribution in [0.2, 0.25) is 5.02 Å². The Morgan fingerprint density at radius 3 is 2.47 bits per heavy atom. The number of ether oxygens (including phenoxy) is 2. The Morgan fingerprint density at radius 1 is 1.09 bits per heavy atom. The standard InChI is InChI=1S/C23H22ClN3O5/c1-3-15-9-11-16(12-10-15)25-20(28)14-32-19-13-21(29)27(18-8-6-5-7-17(18)24)26-22(19)23(30)31-4-2/h5-13H,3-4,14H2,1-2H3,(H,25,28).